The molecule has 0 aliphatic rings. The van der Waals surface area contributed by atoms with Crippen molar-refractivity contribution in [3.63, 3.8) is 0 Å². The summed E-state index contributed by atoms with van der Waals surface area (Å²) in [5, 5.41) is 10.00. The molecule has 0 aliphatic heterocycles. The van der Waals surface area contributed by atoms with E-state index >= 15 is 0 Å². The van der Waals surface area contributed by atoms with Gasteiger partial charge < -0.3 is 10.6 Å². The number of amides is 1. The molecule has 1 amide bonds. The van der Waals surface area contributed by atoms with Gasteiger partial charge in [-0.2, -0.15) is 5.10 Å². The van der Waals surface area contributed by atoms with E-state index in [1.165, 1.54) is 6.33 Å². The fraction of sp³-hybridized carbons (Fsp3) is 0.125. The summed E-state index contributed by atoms with van der Waals surface area (Å²) >= 11 is 0. The highest BCUT2D eigenvalue weighted by atomic mass is 16.1. The maximum atomic E-state index is 11.1. The van der Waals surface area contributed by atoms with E-state index in [9.17, 15) is 9.59 Å². The van der Waals surface area contributed by atoms with Crippen molar-refractivity contribution in [3.8, 4) is 0 Å². The number of benzene rings is 1. The van der Waals surface area contributed by atoms with Crippen LogP contribution in [0.15, 0.2) is 30.7 Å². The van der Waals surface area contributed by atoms with E-state index in [4.69, 9.17) is 0 Å². The maximum absolute atomic E-state index is 11.1. The average molecular weight is 309 g/mol. The summed E-state index contributed by atoms with van der Waals surface area (Å²) in [6.45, 7) is 3.80. The Labute approximate surface area is 132 Å². The summed E-state index contributed by atoms with van der Waals surface area (Å²) in [5.74, 6) is 0.594. The molecule has 2 N–H and O–H groups in total. The van der Waals surface area contributed by atoms with Crippen LogP contribution in [0, 0.1) is 13.8 Å². The summed E-state index contributed by atoms with van der Waals surface area (Å²) in [5.41, 5.74) is 4.61. The minimum Gasteiger partial charge on any atom is -0.338 e. The summed E-state index contributed by atoms with van der Waals surface area (Å²) in [4.78, 5) is 26.0. The van der Waals surface area contributed by atoms with Crippen LogP contribution in [0.4, 0.5) is 17.2 Å². The third-order valence-corrected chi connectivity index (χ3v) is 3.71. The third kappa shape index (κ3) is 2.64. The molecule has 1 aromatic carbocycles. The van der Waals surface area contributed by atoms with Crippen molar-refractivity contribution in [3.05, 3.63) is 47.4 Å². The molecule has 3 rings (SSSR count). The van der Waals surface area contributed by atoms with Crippen LogP contribution in [0.5, 0.6) is 0 Å². The molecule has 7 heteroatoms. The molecule has 0 fully saturated rings. The van der Waals surface area contributed by atoms with Crippen molar-refractivity contribution in [2.24, 2.45) is 0 Å². The Morgan fingerprint density at radius 2 is 2.04 bits per heavy atom. The minimum absolute atomic E-state index is 0.571. The fourth-order valence-corrected chi connectivity index (χ4v) is 2.43. The summed E-state index contributed by atoms with van der Waals surface area (Å²) in [6, 6.07) is 5.53. The number of fused-ring (bicyclic) bond motifs is 1. The molecule has 0 saturated carbocycles. The Morgan fingerprint density at radius 3 is 2.78 bits per heavy atom. The number of rotatable bonds is 5. The van der Waals surface area contributed by atoms with Gasteiger partial charge in [0.25, 0.3) is 0 Å². The van der Waals surface area contributed by atoms with Crippen LogP contribution >= 0.6 is 0 Å². The zero-order valence-electron chi connectivity index (χ0n) is 12.7. The van der Waals surface area contributed by atoms with E-state index in [1.807, 2.05) is 32.0 Å². The lowest BCUT2D eigenvalue weighted by Gasteiger charge is -2.12. The molecule has 2 aromatic heterocycles. The number of aldehydes is 1. The van der Waals surface area contributed by atoms with Gasteiger partial charge in [-0.15, -0.1) is 0 Å². The predicted molar refractivity (Wildman–Crippen MR) is 87.3 cm³/mol. The van der Waals surface area contributed by atoms with Gasteiger partial charge in [-0.05, 0) is 37.1 Å². The lowest BCUT2D eigenvalue weighted by Crippen LogP contribution is -2.02. The molecule has 116 valence electrons. The van der Waals surface area contributed by atoms with Gasteiger partial charge in [-0.25, -0.2) is 9.50 Å². The molecule has 0 bridgehead atoms. The second-order valence-corrected chi connectivity index (χ2v) is 5.15. The molecule has 0 radical (unpaired) electrons. The summed E-state index contributed by atoms with van der Waals surface area (Å²) < 4.78 is 1.62. The Hall–Kier alpha value is -3.22. The minimum atomic E-state index is 0.571. The molecular weight excluding hydrogens is 294 g/mol. The van der Waals surface area contributed by atoms with E-state index in [0.29, 0.717) is 23.5 Å². The standard InChI is InChI=1S/C16H15N5O2/c1-10-3-4-13(18-9-23)5-14(10)20-16-15-11(2)12(7-22)6-21(15)19-8-17-16/h3-9H,1-2H3,(H,18,23)(H,17,19,20). The number of aromatic nitrogens is 3. The zero-order chi connectivity index (χ0) is 16.4. The molecule has 0 atom stereocenters. The number of aryl methyl sites for hydroxylation is 2. The van der Waals surface area contributed by atoms with Crippen LogP contribution < -0.4 is 10.6 Å². The van der Waals surface area contributed by atoms with Crippen molar-refractivity contribution in [1.29, 1.82) is 0 Å². The van der Waals surface area contributed by atoms with E-state index < -0.39 is 0 Å². The van der Waals surface area contributed by atoms with Crippen LogP contribution in [0.3, 0.4) is 0 Å². The molecule has 0 saturated heterocycles. The molecule has 2 heterocycles. The predicted octanol–water partition coefficient (Wildman–Crippen LogP) is 2.47. The van der Waals surface area contributed by atoms with Gasteiger partial charge in [0.1, 0.15) is 11.8 Å². The lowest BCUT2D eigenvalue weighted by atomic mass is 10.1. The second-order valence-electron chi connectivity index (χ2n) is 5.15. The quantitative estimate of drug-likeness (QED) is 0.707. The number of nitrogens with zero attached hydrogens (tertiary/aromatic N) is 3. The van der Waals surface area contributed by atoms with Crippen LogP contribution in [0.2, 0.25) is 0 Å². The molecule has 0 unspecified atom stereocenters. The highest BCUT2D eigenvalue weighted by molar-refractivity contribution is 5.87. The monoisotopic (exact) mass is 309 g/mol. The topological polar surface area (TPSA) is 88.4 Å². The van der Waals surface area contributed by atoms with E-state index in [-0.39, 0.29) is 0 Å². The van der Waals surface area contributed by atoms with Crippen molar-refractivity contribution in [2.75, 3.05) is 10.6 Å². The smallest absolute Gasteiger partial charge is 0.211 e. The van der Waals surface area contributed by atoms with Crippen molar-refractivity contribution in [2.45, 2.75) is 13.8 Å². The van der Waals surface area contributed by atoms with Gasteiger partial charge in [0.15, 0.2) is 12.1 Å². The fourth-order valence-electron chi connectivity index (χ4n) is 2.43. The number of hydrogen-bond acceptors (Lipinski definition) is 5. The Bertz CT molecular complexity index is 901. The van der Waals surface area contributed by atoms with Gasteiger partial charge in [0.2, 0.25) is 6.41 Å². The highest BCUT2D eigenvalue weighted by Gasteiger charge is 2.13. The van der Waals surface area contributed by atoms with E-state index in [2.05, 4.69) is 20.7 Å². The first kappa shape index (κ1) is 14.7. The number of nitrogens with one attached hydrogen (secondary N) is 2. The first-order valence-corrected chi connectivity index (χ1v) is 7.00. The number of hydrogen-bond donors (Lipinski definition) is 2. The van der Waals surface area contributed by atoms with Crippen molar-refractivity contribution < 1.29 is 9.59 Å². The normalized spacial score (nSPS) is 10.5. The van der Waals surface area contributed by atoms with Crippen LogP contribution in [-0.4, -0.2) is 27.3 Å². The first-order chi connectivity index (χ1) is 11.1. The third-order valence-electron chi connectivity index (χ3n) is 3.71. The SMILES string of the molecule is Cc1ccc(NC=O)cc1Nc1ncnn2cc(C=O)c(C)c12. The maximum Gasteiger partial charge on any atom is 0.211 e. The molecule has 7 nitrogen and oxygen atoms in total. The van der Waals surface area contributed by atoms with Gasteiger partial charge in [0, 0.05) is 23.1 Å². The summed E-state index contributed by atoms with van der Waals surface area (Å²) in [7, 11) is 0. The number of carbonyl (C=O) groups is 2. The Balaban J connectivity index is 2.08. The largest absolute Gasteiger partial charge is 0.338 e. The zero-order valence-corrected chi connectivity index (χ0v) is 12.7. The van der Waals surface area contributed by atoms with Crippen molar-refractivity contribution >= 4 is 35.4 Å². The van der Waals surface area contributed by atoms with Gasteiger partial charge in [0.05, 0.1) is 0 Å². The van der Waals surface area contributed by atoms with Gasteiger partial charge in [-0.1, -0.05) is 6.07 Å². The van der Waals surface area contributed by atoms with Crippen molar-refractivity contribution in [1.82, 2.24) is 14.6 Å². The molecule has 3 aromatic rings. The molecular formula is C16H15N5O2. The van der Waals surface area contributed by atoms with Crippen LogP contribution in [0.25, 0.3) is 5.52 Å². The summed E-state index contributed by atoms with van der Waals surface area (Å²) in [6.07, 6.45) is 4.52. The highest BCUT2D eigenvalue weighted by Crippen LogP contribution is 2.27. The van der Waals surface area contributed by atoms with E-state index in [0.717, 1.165) is 28.6 Å². The lowest BCUT2D eigenvalue weighted by molar-refractivity contribution is -0.105. The number of carbonyl (C=O) groups excluding carboxylic acids is 2. The average Bonchev–Trinajstić information content (AvgIpc) is 2.88. The van der Waals surface area contributed by atoms with Crippen LogP contribution in [-0.2, 0) is 4.79 Å². The number of anilines is 3. The van der Waals surface area contributed by atoms with Gasteiger partial charge >= 0.3 is 0 Å². The van der Waals surface area contributed by atoms with Gasteiger partial charge in [-0.3, -0.25) is 9.59 Å². The van der Waals surface area contributed by atoms with E-state index in [1.54, 1.807) is 10.7 Å². The molecule has 0 aliphatic carbocycles. The Kier molecular flexibility index (Phi) is 3.76. The molecule has 0 spiro atoms. The first-order valence-electron chi connectivity index (χ1n) is 7.00. The molecule has 23 heavy (non-hydrogen) atoms. The Morgan fingerprint density at radius 1 is 1.22 bits per heavy atom. The second kappa shape index (κ2) is 5.88. The van der Waals surface area contributed by atoms with Crippen LogP contribution in [0.1, 0.15) is 21.5 Å².